The van der Waals surface area contributed by atoms with Gasteiger partial charge in [0.25, 0.3) is 5.69 Å². The fourth-order valence-electron chi connectivity index (χ4n) is 3.45. The van der Waals surface area contributed by atoms with Crippen molar-refractivity contribution < 1.29 is 37.0 Å². The Hall–Kier alpha value is -1.62. The minimum Gasteiger partial charge on any atom is -0.399 e. The van der Waals surface area contributed by atoms with E-state index in [-0.39, 0.29) is 11.2 Å². The Kier molecular flexibility index (Phi) is 5.38. The lowest BCUT2D eigenvalue weighted by Gasteiger charge is -2.32. The molecule has 2 heterocycles. The van der Waals surface area contributed by atoms with E-state index in [1.807, 2.05) is 0 Å². The van der Waals surface area contributed by atoms with Crippen LogP contribution in [0.15, 0.2) is 6.07 Å². The van der Waals surface area contributed by atoms with Gasteiger partial charge in [0.15, 0.2) is 0 Å². The van der Waals surface area contributed by atoms with Gasteiger partial charge in [0.1, 0.15) is 5.69 Å². The highest BCUT2D eigenvalue weighted by atomic mass is 19.4. The van der Waals surface area contributed by atoms with E-state index >= 15 is 0 Å². The highest BCUT2D eigenvalue weighted by Gasteiger charge is 2.58. The molecule has 2 fully saturated rings. The predicted molar refractivity (Wildman–Crippen MR) is 111 cm³/mol. The minimum atomic E-state index is -4.82. The molecule has 3 rings (SSSR count). The lowest BCUT2D eigenvalue weighted by molar-refractivity contribution is -0.377. The van der Waals surface area contributed by atoms with Crippen LogP contribution < -0.4 is 21.8 Å². The summed E-state index contributed by atoms with van der Waals surface area (Å²) in [5, 5.41) is 1.57. The summed E-state index contributed by atoms with van der Waals surface area (Å²) in [4.78, 5) is 11.9. The zero-order chi connectivity index (χ0) is 23.8. The molecular weight excluding hydrogens is 415 g/mol. The van der Waals surface area contributed by atoms with Crippen LogP contribution in [0.4, 0.5) is 24.5 Å². The number of anilines is 1. The Bertz CT molecular complexity index is 887. The summed E-state index contributed by atoms with van der Waals surface area (Å²) in [6.45, 7) is 13.9. The smallest absolute Gasteiger partial charge is 0.399 e. The molecule has 170 valence electrons. The number of halogens is 3. The molecule has 1 aromatic carbocycles. The van der Waals surface area contributed by atoms with Crippen molar-refractivity contribution in [3.8, 4) is 0 Å². The molecule has 0 bridgehead atoms. The summed E-state index contributed by atoms with van der Waals surface area (Å²) in [5.74, 6) is 0. The average molecular weight is 443 g/mol. The molecule has 0 spiro atoms. The first-order valence-electron chi connectivity index (χ1n) is 9.97. The van der Waals surface area contributed by atoms with E-state index in [4.69, 9.17) is 24.4 Å². The van der Waals surface area contributed by atoms with E-state index in [1.54, 1.807) is 60.6 Å². The Morgan fingerprint density at radius 3 is 1.58 bits per heavy atom. The highest BCUT2D eigenvalue weighted by molar-refractivity contribution is 6.67. The molecule has 2 aliphatic heterocycles. The topological polar surface area (TPSA) is 94.0 Å². The maximum Gasteiger partial charge on any atom is 0.502 e. The van der Waals surface area contributed by atoms with Crippen LogP contribution in [0.3, 0.4) is 0 Å². The number of nitrogens with one attached hydrogen (secondary N) is 1. The van der Waals surface area contributed by atoms with Crippen molar-refractivity contribution >= 4 is 36.5 Å². The van der Waals surface area contributed by atoms with Gasteiger partial charge in [0, 0.05) is 15.5 Å². The monoisotopic (exact) mass is 443 g/mol. The molecule has 0 radical (unpaired) electrons. The summed E-state index contributed by atoms with van der Waals surface area (Å²) in [6, 6.07) is 0.846. The molecule has 0 amide bonds. The van der Waals surface area contributed by atoms with Gasteiger partial charge in [-0.3, -0.25) is 0 Å². The fourth-order valence-corrected chi connectivity index (χ4v) is 3.45. The van der Waals surface area contributed by atoms with E-state index in [2.05, 4.69) is 0 Å². The zero-order valence-electron chi connectivity index (χ0n) is 19.0. The Labute approximate surface area is 180 Å². The number of hydrogen-bond donors (Lipinski definition) is 2. The molecule has 31 heavy (non-hydrogen) atoms. The Morgan fingerprint density at radius 2 is 1.23 bits per heavy atom. The average Bonchev–Trinajstić information content (AvgIpc) is 2.92. The van der Waals surface area contributed by atoms with E-state index in [9.17, 15) is 18.1 Å². The quantitative estimate of drug-likeness (QED) is 0.542. The van der Waals surface area contributed by atoms with Crippen molar-refractivity contribution in [2.75, 3.05) is 5.73 Å². The van der Waals surface area contributed by atoms with Crippen molar-refractivity contribution in [1.29, 1.82) is 0 Å². The third-order valence-corrected chi connectivity index (χ3v) is 6.84. The predicted octanol–water partition coefficient (Wildman–Crippen LogP) is 1.36. The standard InChI is InChI=1S/C19H27B2F3N2O5/c1-15(2)16(3,4)29-20(28-15)11-9-10(19(22,23)24)12(14(26-27)13(11)25)21-30-17(5,6)18(7,8)31-21/h9H,25H2,1-8H3/p+1. The molecule has 0 unspecified atom stereocenters. The number of nitrogen functional groups attached to an aromatic ring is 1. The first kappa shape index (κ1) is 24.0. The number of benzene rings is 1. The number of rotatable bonds is 3. The largest absolute Gasteiger partial charge is 0.502 e. The van der Waals surface area contributed by atoms with E-state index < -0.39 is 59.5 Å². The van der Waals surface area contributed by atoms with Crippen LogP contribution in [0.25, 0.3) is 0 Å². The maximum atomic E-state index is 14.1. The second kappa shape index (κ2) is 6.94. The first-order valence-corrected chi connectivity index (χ1v) is 9.97. The summed E-state index contributed by atoms with van der Waals surface area (Å²) >= 11 is 0. The minimum absolute atomic E-state index is 0.0930. The summed E-state index contributed by atoms with van der Waals surface area (Å²) in [7, 11) is -2.64. The van der Waals surface area contributed by atoms with Crippen LogP contribution in [0, 0.1) is 4.91 Å². The third kappa shape index (κ3) is 3.77. The van der Waals surface area contributed by atoms with Crippen LogP contribution in [0.2, 0.25) is 0 Å². The molecule has 2 saturated heterocycles. The van der Waals surface area contributed by atoms with Crippen LogP contribution >= 0.6 is 0 Å². The molecule has 2 aliphatic rings. The van der Waals surface area contributed by atoms with Gasteiger partial charge in [-0.15, -0.1) is 0 Å². The Morgan fingerprint density at radius 1 is 0.839 bits per heavy atom. The lowest BCUT2D eigenvalue weighted by atomic mass is 9.68. The fraction of sp³-hybridized carbons (Fsp3) is 0.684. The molecular formula is C19H28B2F3N2O5+. The zero-order valence-corrected chi connectivity index (χ0v) is 19.0. The SMILES string of the molecule is CC1(C)OB(c2cc(C(F)(F)F)c(B3OC(C)(C)C(C)(C)O3)c([NH+]=O)c2N)OC1(C)C. The van der Waals surface area contributed by atoms with Gasteiger partial charge in [-0.05, 0) is 61.5 Å². The van der Waals surface area contributed by atoms with Crippen LogP contribution in [-0.2, 0) is 24.8 Å². The first-order chi connectivity index (χ1) is 13.8. The second-order valence-corrected chi connectivity index (χ2v) is 9.99. The molecule has 0 aromatic heterocycles. The molecule has 1 aromatic rings. The normalized spacial score (nSPS) is 24.0. The van der Waals surface area contributed by atoms with Crippen molar-refractivity contribution in [3.63, 3.8) is 0 Å². The van der Waals surface area contributed by atoms with Crippen molar-refractivity contribution in [1.82, 2.24) is 0 Å². The number of nitrogens with two attached hydrogens (primary N) is 1. The van der Waals surface area contributed by atoms with E-state index in [0.29, 0.717) is 0 Å². The molecule has 7 nitrogen and oxygen atoms in total. The van der Waals surface area contributed by atoms with Gasteiger partial charge in [0.05, 0.1) is 33.4 Å². The summed E-state index contributed by atoms with van der Waals surface area (Å²) in [6.07, 6.45) is -4.82. The van der Waals surface area contributed by atoms with E-state index in [1.165, 1.54) is 0 Å². The molecule has 3 N–H and O–H groups in total. The number of nitroso groups, excluding NO2 is 1. The summed E-state index contributed by atoms with van der Waals surface area (Å²) < 4.78 is 65.8. The Balaban J connectivity index is 2.21. The molecule has 0 aliphatic carbocycles. The van der Waals surface area contributed by atoms with Crippen LogP contribution in [-0.4, -0.2) is 36.6 Å². The summed E-state index contributed by atoms with van der Waals surface area (Å²) in [5.41, 5.74) is 0.324. The third-order valence-electron chi connectivity index (χ3n) is 6.84. The van der Waals surface area contributed by atoms with Gasteiger partial charge in [-0.25, -0.2) is 0 Å². The van der Waals surface area contributed by atoms with Gasteiger partial charge in [-0.1, -0.05) is 0 Å². The van der Waals surface area contributed by atoms with Crippen LogP contribution in [0.5, 0.6) is 0 Å². The van der Waals surface area contributed by atoms with E-state index in [0.717, 1.165) is 6.07 Å². The molecule has 0 atom stereocenters. The maximum absolute atomic E-state index is 14.1. The lowest BCUT2D eigenvalue weighted by Crippen LogP contribution is -2.64. The van der Waals surface area contributed by atoms with Gasteiger partial charge in [0.2, 0.25) is 0 Å². The van der Waals surface area contributed by atoms with Crippen LogP contribution in [0.1, 0.15) is 61.0 Å². The number of alkyl halides is 3. The molecule has 0 saturated carbocycles. The van der Waals surface area contributed by atoms with Crippen molar-refractivity contribution in [2.45, 2.75) is 84.0 Å². The van der Waals surface area contributed by atoms with Gasteiger partial charge < -0.3 is 24.4 Å². The van der Waals surface area contributed by atoms with Crippen molar-refractivity contribution in [2.24, 2.45) is 0 Å². The second-order valence-electron chi connectivity index (χ2n) is 9.99. The highest BCUT2D eigenvalue weighted by Crippen LogP contribution is 2.41. The van der Waals surface area contributed by atoms with Crippen molar-refractivity contribution in [3.05, 3.63) is 16.5 Å². The van der Waals surface area contributed by atoms with Gasteiger partial charge >= 0.3 is 20.4 Å². The molecule has 12 heteroatoms. The number of hydrogen-bond acceptors (Lipinski definition) is 6. The van der Waals surface area contributed by atoms with Gasteiger partial charge in [-0.2, -0.15) is 13.2 Å².